The first-order chi connectivity index (χ1) is 9.41. The molecule has 1 aliphatic rings. The molecule has 0 bridgehead atoms. The molecule has 1 nitrogen and oxygen atoms in total. The molecule has 0 spiro atoms. The fraction of sp³-hybridized carbons (Fsp3) is 0.714. The number of alkyl halides is 3. The monoisotopic (exact) mass is 325 g/mol. The molecule has 1 aliphatic carbocycles. The van der Waals surface area contributed by atoms with Gasteiger partial charge < -0.3 is 5.32 Å². The van der Waals surface area contributed by atoms with Gasteiger partial charge in [-0.05, 0) is 50.3 Å². The van der Waals surface area contributed by atoms with Crippen LogP contribution in [0.3, 0.4) is 0 Å². The fourth-order valence-electron chi connectivity index (χ4n) is 2.99. The molecule has 1 aromatic rings. The van der Waals surface area contributed by atoms with Crippen LogP contribution in [0.2, 0.25) is 4.34 Å². The van der Waals surface area contributed by atoms with Gasteiger partial charge in [0.2, 0.25) is 0 Å². The van der Waals surface area contributed by atoms with Crippen molar-refractivity contribution in [3.05, 3.63) is 21.3 Å². The number of hydrogen-bond acceptors (Lipinski definition) is 2. The first kappa shape index (κ1) is 16.1. The topological polar surface area (TPSA) is 12.0 Å². The minimum Gasteiger partial charge on any atom is -0.309 e. The SMILES string of the molecule is CCNC(c1ccc(Cl)s1)C1CCC(C(F)(F)F)CC1. The summed E-state index contributed by atoms with van der Waals surface area (Å²) in [5.74, 6) is -0.851. The van der Waals surface area contributed by atoms with E-state index in [1.54, 1.807) is 0 Å². The average molecular weight is 326 g/mol. The van der Waals surface area contributed by atoms with Crippen molar-refractivity contribution in [2.45, 2.75) is 44.8 Å². The largest absolute Gasteiger partial charge is 0.391 e. The molecule has 1 N–H and O–H groups in total. The zero-order valence-corrected chi connectivity index (χ0v) is 12.9. The summed E-state index contributed by atoms with van der Waals surface area (Å²) >= 11 is 7.49. The zero-order valence-electron chi connectivity index (χ0n) is 11.3. The van der Waals surface area contributed by atoms with Crippen molar-refractivity contribution in [1.82, 2.24) is 5.32 Å². The summed E-state index contributed by atoms with van der Waals surface area (Å²) in [5, 5.41) is 3.41. The summed E-state index contributed by atoms with van der Waals surface area (Å²) in [6, 6.07) is 3.97. The maximum Gasteiger partial charge on any atom is 0.391 e. The first-order valence-corrected chi connectivity index (χ1v) is 8.16. The van der Waals surface area contributed by atoms with E-state index in [-0.39, 0.29) is 24.8 Å². The molecule has 1 aromatic heterocycles. The van der Waals surface area contributed by atoms with E-state index in [0.29, 0.717) is 12.8 Å². The van der Waals surface area contributed by atoms with Gasteiger partial charge in [-0.15, -0.1) is 11.3 Å². The molecule has 0 aliphatic heterocycles. The van der Waals surface area contributed by atoms with Crippen molar-refractivity contribution < 1.29 is 13.2 Å². The van der Waals surface area contributed by atoms with E-state index in [2.05, 4.69) is 5.32 Å². The van der Waals surface area contributed by atoms with Gasteiger partial charge in [0.1, 0.15) is 0 Å². The Labute approximate surface area is 126 Å². The minimum absolute atomic E-state index is 0.131. The minimum atomic E-state index is -4.04. The van der Waals surface area contributed by atoms with Crippen molar-refractivity contribution in [3.8, 4) is 0 Å². The number of hydrogen-bond donors (Lipinski definition) is 1. The lowest BCUT2D eigenvalue weighted by molar-refractivity contribution is -0.184. The molecule has 0 amide bonds. The summed E-state index contributed by atoms with van der Waals surface area (Å²) in [6.07, 6.45) is -2.30. The van der Waals surface area contributed by atoms with Gasteiger partial charge in [0.15, 0.2) is 0 Å². The predicted molar refractivity (Wildman–Crippen MR) is 77.2 cm³/mol. The summed E-state index contributed by atoms with van der Waals surface area (Å²) in [4.78, 5) is 1.13. The molecule has 1 heterocycles. The van der Waals surface area contributed by atoms with Crippen LogP contribution in [0.1, 0.15) is 43.5 Å². The predicted octanol–water partition coefficient (Wildman–Crippen LogP) is 5.42. The molecule has 20 heavy (non-hydrogen) atoms. The smallest absolute Gasteiger partial charge is 0.309 e. The molecule has 1 fully saturated rings. The molecule has 2 rings (SSSR count). The highest BCUT2D eigenvalue weighted by Crippen LogP contribution is 2.44. The molecular formula is C14H19ClF3NS. The van der Waals surface area contributed by atoms with Gasteiger partial charge in [-0.1, -0.05) is 18.5 Å². The Morgan fingerprint density at radius 3 is 2.40 bits per heavy atom. The molecule has 1 saturated carbocycles. The normalized spacial score (nSPS) is 25.6. The van der Waals surface area contributed by atoms with Gasteiger partial charge in [0, 0.05) is 10.9 Å². The third-order valence-corrected chi connectivity index (χ3v) is 5.34. The van der Waals surface area contributed by atoms with Crippen LogP contribution < -0.4 is 5.32 Å². The third-order valence-electron chi connectivity index (χ3n) is 4.03. The highest BCUT2D eigenvalue weighted by Gasteiger charge is 2.42. The molecule has 0 saturated heterocycles. The Bertz CT molecular complexity index is 424. The number of thiophene rings is 1. The maximum absolute atomic E-state index is 12.7. The Morgan fingerprint density at radius 1 is 1.30 bits per heavy atom. The van der Waals surface area contributed by atoms with Crippen LogP contribution in [0, 0.1) is 11.8 Å². The molecule has 1 unspecified atom stereocenters. The molecule has 114 valence electrons. The van der Waals surface area contributed by atoms with Gasteiger partial charge >= 0.3 is 6.18 Å². The van der Waals surface area contributed by atoms with Gasteiger partial charge in [0.25, 0.3) is 0 Å². The van der Waals surface area contributed by atoms with Crippen LogP contribution in [0.4, 0.5) is 13.2 Å². The Kier molecular flexibility index (Phi) is 5.37. The van der Waals surface area contributed by atoms with Crippen LogP contribution in [-0.4, -0.2) is 12.7 Å². The van der Waals surface area contributed by atoms with Gasteiger partial charge in [-0.3, -0.25) is 0 Å². The van der Waals surface area contributed by atoms with Crippen molar-refractivity contribution in [2.24, 2.45) is 11.8 Å². The Morgan fingerprint density at radius 2 is 1.95 bits per heavy atom. The highest BCUT2D eigenvalue weighted by molar-refractivity contribution is 7.16. The standard InChI is InChI=1S/C14H19ClF3NS/c1-2-19-13(11-7-8-12(15)20-11)9-3-5-10(6-4-9)14(16,17)18/h7-10,13,19H,2-6H2,1H3. The van der Waals surface area contributed by atoms with Crippen LogP contribution >= 0.6 is 22.9 Å². The summed E-state index contributed by atoms with van der Waals surface area (Å²) in [5.41, 5.74) is 0. The molecule has 0 aromatic carbocycles. The first-order valence-electron chi connectivity index (χ1n) is 6.97. The van der Waals surface area contributed by atoms with E-state index < -0.39 is 12.1 Å². The molecule has 6 heteroatoms. The van der Waals surface area contributed by atoms with Gasteiger partial charge in [-0.25, -0.2) is 0 Å². The van der Waals surface area contributed by atoms with Gasteiger partial charge in [-0.2, -0.15) is 13.2 Å². The summed E-state index contributed by atoms with van der Waals surface area (Å²) in [6.45, 7) is 2.82. The van der Waals surface area contributed by atoms with E-state index in [1.807, 2.05) is 19.1 Å². The maximum atomic E-state index is 12.7. The molecule has 0 radical (unpaired) electrons. The molecule has 1 atom stereocenters. The van der Waals surface area contributed by atoms with Crippen LogP contribution in [0.5, 0.6) is 0 Å². The number of rotatable bonds is 4. The Hall–Kier alpha value is -0.260. The highest BCUT2D eigenvalue weighted by atomic mass is 35.5. The molecular weight excluding hydrogens is 307 g/mol. The Balaban J connectivity index is 2.02. The zero-order chi connectivity index (χ0) is 14.8. The second kappa shape index (κ2) is 6.67. The van der Waals surface area contributed by atoms with Crippen molar-refractivity contribution >= 4 is 22.9 Å². The van der Waals surface area contributed by atoms with E-state index in [9.17, 15) is 13.2 Å². The van der Waals surface area contributed by atoms with Crippen molar-refractivity contribution in [2.75, 3.05) is 6.54 Å². The third kappa shape index (κ3) is 3.89. The van der Waals surface area contributed by atoms with E-state index in [1.165, 1.54) is 11.3 Å². The quantitative estimate of drug-likeness (QED) is 0.779. The van der Waals surface area contributed by atoms with E-state index in [4.69, 9.17) is 11.6 Å². The lowest BCUT2D eigenvalue weighted by atomic mass is 9.78. The lowest BCUT2D eigenvalue weighted by Gasteiger charge is -2.34. The lowest BCUT2D eigenvalue weighted by Crippen LogP contribution is -2.34. The summed E-state index contributed by atoms with van der Waals surface area (Å²) in [7, 11) is 0. The van der Waals surface area contributed by atoms with Gasteiger partial charge in [0.05, 0.1) is 10.3 Å². The van der Waals surface area contributed by atoms with Crippen LogP contribution in [0.25, 0.3) is 0 Å². The second-order valence-electron chi connectivity index (χ2n) is 5.33. The average Bonchev–Trinajstić information content (AvgIpc) is 2.81. The van der Waals surface area contributed by atoms with E-state index in [0.717, 1.165) is 15.8 Å². The fourth-order valence-corrected chi connectivity index (χ4v) is 4.23. The van der Waals surface area contributed by atoms with Crippen molar-refractivity contribution in [1.29, 1.82) is 0 Å². The number of nitrogens with one attached hydrogen (secondary N) is 1. The second-order valence-corrected chi connectivity index (χ2v) is 7.08. The van der Waals surface area contributed by atoms with Crippen LogP contribution in [-0.2, 0) is 0 Å². The number of halogens is 4. The van der Waals surface area contributed by atoms with Crippen LogP contribution in [0.15, 0.2) is 12.1 Å². The summed E-state index contributed by atoms with van der Waals surface area (Å²) < 4.78 is 38.9. The van der Waals surface area contributed by atoms with E-state index >= 15 is 0 Å². The van der Waals surface area contributed by atoms with Crippen molar-refractivity contribution in [3.63, 3.8) is 0 Å².